The van der Waals surface area contributed by atoms with Crippen molar-refractivity contribution in [3.8, 4) is 57.3 Å². The third-order valence-corrected chi connectivity index (χ3v) is 9.90. The zero-order chi connectivity index (χ0) is 34.5. The van der Waals surface area contributed by atoms with Crippen LogP contribution in [0.4, 0.5) is 0 Å². The predicted molar refractivity (Wildman–Crippen MR) is 206 cm³/mol. The van der Waals surface area contributed by atoms with Crippen molar-refractivity contribution in [1.29, 1.82) is 15.8 Å². The van der Waals surface area contributed by atoms with Crippen LogP contribution in [0.15, 0.2) is 158 Å². The van der Waals surface area contributed by atoms with Gasteiger partial charge >= 0.3 is 0 Å². The van der Waals surface area contributed by atoms with Gasteiger partial charge in [-0.05, 0) is 80.2 Å². The van der Waals surface area contributed by atoms with Crippen molar-refractivity contribution in [2.75, 3.05) is 0 Å². The summed E-state index contributed by atoms with van der Waals surface area (Å²) in [5, 5.41) is 37.4. The van der Waals surface area contributed by atoms with Gasteiger partial charge in [-0.2, -0.15) is 15.8 Å². The topological polar surface area (TPSA) is 76.3 Å². The minimum absolute atomic E-state index is 0.502. The molecule has 0 bridgehead atoms. The van der Waals surface area contributed by atoms with Gasteiger partial charge in [-0.25, -0.2) is 0 Å². The van der Waals surface area contributed by atoms with Crippen LogP contribution in [0.25, 0.3) is 82.4 Å². The predicted octanol–water partition coefficient (Wildman–Crippen LogP) is 11.7. The van der Waals surface area contributed by atoms with Crippen LogP contribution in [0.5, 0.6) is 0 Å². The summed E-state index contributed by atoms with van der Waals surface area (Å²) in [6.07, 6.45) is 0. The van der Waals surface area contributed by atoms with E-state index in [4.69, 9.17) is 0 Å². The molecule has 0 aliphatic heterocycles. The van der Waals surface area contributed by atoms with Crippen LogP contribution in [0, 0.1) is 34.0 Å². The number of benzene rings is 8. The molecule has 4 heteroatoms. The number of fused-ring (bicyclic) bond motifs is 5. The second-order valence-corrected chi connectivity index (χ2v) is 12.6. The Kier molecular flexibility index (Phi) is 6.93. The summed E-state index contributed by atoms with van der Waals surface area (Å²) < 4.78 is 2.14. The lowest BCUT2D eigenvalue weighted by Gasteiger charge is -2.22. The summed E-state index contributed by atoms with van der Waals surface area (Å²) in [6, 6.07) is 60.1. The summed E-state index contributed by atoms with van der Waals surface area (Å²) in [4.78, 5) is 0. The Balaban J connectivity index is 1.44. The first-order valence-corrected chi connectivity index (χ1v) is 16.7. The van der Waals surface area contributed by atoms with Gasteiger partial charge in [0.1, 0.15) is 6.07 Å². The van der Waals surface area contributed by atoms with Crippen molar-refractivity contribution in [3.05, 3.63) is 174 Å². The zero-order valence-corrected chi connectivity index (χ0v) is 27.3. The van der Waals surface area contributed by atoms with E-state index >= 15 is 0 Å². The molecule has 1 heterocycles. The third kappa shape index (κ3) is 4.51. The maximum atomic E-state index is 10.8. The van der Waals surface area contributed by atoms with Crippen molar-refractivity contribution < 1.29 is 0 Å². The molecule has 8 aromatic carbocycles. The molecule has 9 rings (SSSR count). The van der Waals surface area contributed by atoms with E-state index in [-0.39, 0.29) is 0 Å². The van der Waals surface area contributed by atoms with E-state index in [1.165, 1.54) is 0 Å². The maximum Gasteiger partial charge on any atom is 0.101 e. The van der Waals surface area contributed by atoms with Gasteiger partial charge in [0, 0.05) is 21.9 Å². The van der Waals surface area contributed by atoms with Crippen molar-refractivity contribution >= 4 is 43.4 Å². The van der Waals surface area contributed by atoms with Crippen LogP contribution in [-0.4, -0.2) is 4.57 Å². The highest BCUT2D eigenvalue weighted by atomic mass is 15.0. The van der Waals surface area contributed by atoms with E-state index in [1.54, 1.807) is 0 Å². The molecule has 0 aliphatic carbocycles. The van der Waals surface area contributed by atoms with Gasteiger partial charge in [-0.1, -0.05) is 121 Å². The van der Waals surface area contributed by atoms with E-state index in [0.29, 0.717) is 16.7 Å². The summed E-state index contributed by atoms with van der Waals surface area (Å²) in [5.41, 5.74) is 9.90. The molecule has 0 unspecified atom stereocenters. The second kappa shape index (κ2) is 11.9. The van der Waals surface area contributed by atoms with Gasteiger partial charge in [0.15, 0.2) is 0 Å². The molecule has 0 spiro atoms. The van der Waals surface area contributed by atoms with Gasteiger partial charge in [0.25, 0.3) is 0 Å². The molecule has 0 amide bonds. The van der Waals surface area contributed by atoms with E-state index in [9.17, 15) is 15.8 Å². The molecule has 0 fully saturated rings. The molecule has 0 saturated heterocycles. The molecular weight excluding hydrogens is 621 g/mol. The summed E-state index contributed by atoms with van der Waals surface area (Å²) in [5.74, 6) is 0. The number of nitriles is 3. The highest BCUT2D eigenvalue weighted by Gasteiger charge is 2.25. The first-order valence-electron chi connectivity index (χ1n) is 16.7. The molecule has 234 valence electrons. The SMILES string of the molecule is N#Cc1ccc2c(c1)c1ccccc1n2-c1c(C#N)cccc1-c1cccc(C#N)c1-c1c2ccccc2c(-c2ccccc2)c2ccccc12. The standard InChI is InChI=1S/C47H26N4/c48-27-30-24-25-43-41(26-30)34-16-8-9-23-42(34)51(43)47-33(29-50)15-11-22-40(47)39-21-10-14-32(28-49)45(39)46-37-19-6-4-17-35(37)44(31-12-2-1-3-13-31)36-18-5-7-20-38(36)46/h1-26H. The number of rotatable bonds is 4. The molecule has 51 heavy (non-hydrogen) atoms. The fourth-order valence-electron chi connectivity index (χ4n) is 7.83. The molecule has 4 nitrogen and oxygen atoms in total. The van der Waals surface area contributed by atoms with Crippen LogP contribution in [0.1, 0.15) is 16.7 Å². The van der Waals surface area contributed by atoms with Gasteiger partial charge in [0.05, 0.1) is 45.5 Å². The molecular formula is C47H26N4. The van der Waals surface area contributed by atoms with E-state index < -0.39 is 0 Å². The van der Waals surface area contributed by atoms with E-state index in [1.807, 2.05) is 66.7 Å². The Morgan fingerprint density at radius 1 is 0.373 bits per heavy atom. The molecule has 0 saturated carbocycles. The lowest BCUT2D eigenvalue weighted by atomic mass is 9.82. The smallest absolute Gasteiger partial charge is 0.101 e. The molecule has 9 aromatic rings. The fourth-order valence-corrected chi connectivity index (χ4v) is 7.83. The highest BCUT2D eigenvalue weighted by Crippen LogP contribution is 2.48. The van der Waals surface area contributed by atoms with E-state index in [0.717, 1.165) is 82.4 Å². The Morgan fingerprint density at radius 2 is 0.922 bits per heavy atom. The number of aromatic nitrogens is 1. The second-order valence-electron chi connectivity index (χ2n) is 12.6. The van der Waals surface area contributed by atoms with Crippen LogP contribution in [0.3, 0.4) is 0 Å². The summed E-state index contributed by atoms with van der Waals surface area (Å²) in [7, 11) is 0. The number of nitrogens with zero attached hydrogens (tertiary/aromatic N) is 4. The highest BCUT2D eigenvalue weighted by molar-refractivity contribution is 6.23. The van der Waals surface area contributed by atoms with Gasteiger partial charge in [-0.3, -0.25) is 0 Å². The maximum absolute atomic E-state index is 10.8. The van der Waals surface area contributed by atoms with Gasteiger partial charge in [0.2, 0.25) is 0 Å². The minimum atomic E-state index is 0.502. The average Bonchev–Trinajstić information content (AvgIpc) is 3.52. The largest absolute Gasteiger partial charge is 0.307 e. The number of hydrogen-bond acceptors (Lipinski definition) is 3. The quantitative estimate of drug-likeness (QED) is 0.179. The lowest BCUT2D eigenvalue weighted by Crippen LogP contribution is -2.02. The Labute approximate surface area is 294 Å². The summed E-state index contributed by atoms with van der Waals surface area (Å²) >= 11 is 0. The van der Waals surface area contributed by atoms with Gasteiger partial charge in [-0.15, -0.1) is 0 Å². The fraction of sp³-hybridized carbons (Fsp3) is 0. The monoisotopic (exact) mass is 646 g/mol. The first-order chi connectivity index (χ1) is 25.2. The van der Waals surface area contributed by atoms with Crippen molar-refractivity contribution in [2.24, 2.45) is 0 Å². The zero-order valence-electron chi connectivity index (χ0n) is 27.3. The van der Waals surface area contributed by atoms with Crippen LogP contribution in [-0.2, 0) is 0 Å². The molecule has 0 radical (unpaired) electrons. The van der Waals surface area contributed by atoms with Crippen LogP contribution >= 0.6 is 0 Å². The molecule has 1 aromatic heterocycles. The minimum Gasteiger partial charge on any atom is -0.307 e. The Hall–Kier alpha value is -7.45. The Morgan fingerprint density at radius 3 is 1.57 bits per heavy atom. The number of para-hydroxylation sites is 2. The normalized spacial score (nSPS) is 11.1. The van der Waals surface area contributed by atoms with Gasteiger partial charge < -0.3 is 4.57 Å². The van der Waals surface area contributed by atoms with Crippen LogP contribution < -0.4 is 0 Å². The lowest BCUT2D eigenvalue weighted by molar-refractivity contribution is 1.17. The average molecular weight is 647 g/mol. The first kappa shape index (κ1) is 29.7. The Bertz CT molecular complexity index is 2940. The van der Waals surface area contributed by atoms with Crippen molar-refractivity contribution in [1.82, 2.24) is 4.57 Å². The van der Waals surface area contributed by atoms with Crippen LogP contribution in [0.2, 0.25) is 0 Å². The number of hydrogen-bond donors (Lipinski definition) is 0. The van der Waals surface area contributed by atoms with E-state index in [2.05, 4.69) is 114 Å². The van der Waals surface area contributed by atoms with Crippen molar-refractivity contribution in [2.45, 2.75) is 0 Å². The molecule has 0 atom stereocenters. The van der Waals surface area contributed by atoms with Crippen molar-refractivity contribution in [3.63, 3.8) is 0 Å². The summed E-state index contributed by atoms with van der Waals surface area (Å²) in [6.45, 7) is 0. The molecule has 0 aliphatic rings. The third-order valence-electron chi connectivity index (χ3n) is 9.90. The molecule has 0 N–H and O–H groups in total.